The lowest BCUT2D eigenvalue weighted by atomic mass is 9.99. The molecule has 5 aromatic rings. The molecule has 0 bridgehead atoms. The Labute approximate surface area is 194 Å². The predicted molar refractivity (Wildman–Crippen MR) is 113 cm³/mol. The minimum atomic E-state index is -4.51. The van der Waals surface area contributed by atoms with Crippen molar-refractivity contribution in [3.05, 3.63) is 83.7 Å². The molecule has 5 aromatic heterocycles. The number of hydrogen-bond donors (Lipinski definition) is 1. The number of hydrogen-bond acceptors (Lipinski definition) is 7. The number of amides is 1. The van der Waals surface area contributed by atoms with Crippen molar-refractivity contribution in [3.8, 4) is 11.6 Å². The van der Waals surface area contributed by atoms with Crippen molar-refractivity contribution < 1.29 is 22.4 Å². The molecule has 1 aliphatic heterocycles. The lowest BCUT2D eigenvalue weighted by Crippen LogP contribution is -2.41. The molecule has 10 nitrogen and oxygen atoms in total. The van der Waals surface area contributed by atoms with Crippen LogP contribution in [0.2, 0.25) is 0 Å². The molecule has 35 heavy (non-hydrogen) atoms. The maximum atomic E-state index is 13.4. The zero-order valence-corrected chi connectivity index (χ0v) is 17.8. The smallest absolute Gasteiger partial charge is 0.411 e. The van der Waals surface area contributed by atoms with E-state index >= 15 is 0 Å². The number of H-pyrrole nitrogens is 1. The number of imidazole rings is 1. The zero-order chi connectivity index (χ0) is 24.2. The molecule has 176 valence electrons. The Morgan fingerprint density at radius 2 is 2.03 bits per heavy atom. The van der Waals surface area contributed by atoms with E-state index in [1.807, 2.05) is 0 Å². The van der Waals surface area contributed by atoms with Gasteiger partial charge in [0.25, 0.3) is 5.89 Å². The summed E-state index contributed by atoms with van der Waals surface area (Å²) in [5.74, 6) is -0.695. The summed E-state index contributed by atoms with van der Waals surface area (Å²) in [5, 5.41) is 12.2. The number of aromatic nitrogens is 7. The molecule has 1 unspecified atom stereocenters. The molecule has 1 amide bonds. The Morgan fingerprint density at radius 3 is 2.83 bits per heavy atom. The Kier molecular flexibility index (Phi) is 4.65. The van der Waals surface area contributed by atoms with Crippen LogP contribution >= 0.6 is 0 Å². The van der Waals surface area contributed by atoms with E-state index < -0.39 is 23.7 Å². The van der Waals surface area contributed by atoms with Gasteiger partial charge in [0.1, 0.15) is 11.7 Å². The summed E-state index contributed by atoms with van der Waals surface area (Å²) in [6, 6.07) is 8.34. The molecule has 0 fully saturated rings. The van der Waals surface area contributed by atoms with Gasteiger partial charge in [0.2, 0.25) is 0 Å². The summed E-state index contributed by atoms with van der Waals surface area (Å²) in [7, 11) is 0. The van der Waals surface area contributed by atoms with E-state index in [-0.39, 0.29) is 18.3 Å². The number of halogens is 3. The van der Waals surface area contributed by atoms with Crippen molar-refractivity contribution in [2.45, 2.75) is 18.6 Å². The Balaban J connectivity index is 1.39. The van der Waals surface area contributed by atoms with Crippen LogP contribution in [0.4, 0.5) is 13.2 Å². The van der Waals surface area contributed by atoms with Crippen LogP contribution in [-0.4, -0.2) is 52.1 Å². The maximum absolute atomic E-state index is 13.4. The number of nitrogens with zero attached hydrogens (tertiary/aromatic N) is 7. The molecule has 0 aliphatic carbocycles. The first-order chi connectivity index (χ1) is 16.9. The van der Waals surface area contributed by atoms with Crippen LogP contribution in [0.1, 0.15) is 39.4 Å². The molecule has 1 N–H and O–H groups in total. The Bertz CT molecular complexity index is 1540. The van der Waals surface area contributed by atoms with E-state index in [0.717, 1.165) is 22.5 Å². The molecule has 0 saturated heterocycles. The summed E-state index contributed by atoms with van der Waals surface area (Å²) in [4.78, 5) is 26.5. The van der Waals surface area contributed by atoms with E-state index in [1.54, 1.807) is 30.5 Å². The topological polar surface area (TPSA) is 118 Å². The van der Waals surface area contributed by atoms with Gasteiger partial charge in [-0.3, -0.25) is 9.78 Å². The van der Waals surface area contributed by atoms with Gasteiger partial charge in [0.15, 0.2) is 0 Å². The molecule has 0 saturated carbocycles. The van der Waals surface area contributed by atoms with Crippen LogP contribution in [0.25, 0.3) is 17.1 Å². The predicted octanol–water partition coefficient (Wildman–Crippen LogP) is 3.31. The zero-order valence-electron chi connectivity index (χ0n) is 17.8. The van der Waals surface area contributed by atoms with Crippen LogP contribution < -0.4 is 0 Å². The molecule has 1 atom stereocenters. The average Bonchev–Trinajstić information content (AvgIpc) is 3.61. The first kappa shape index (κ1) is 21.0. The van der Waals surface area contributed by atoms with E-state index in [0.29, 0.717) is 29.0 Å². The van der Waals surface area contributed by atoms with Gasteiger partial charge in [-0.2, -0.15) is 18.3 Å². The minimum Gasteiger partial charge on any atom is -0.411 e. The maximum Gasteiger partial charge on any atom is 0.417 e. The second-order valence-corrected chi connectivity index (χ2v) is 7.90. The number of carbonyl (C=O) groups excluding carboxylic acids is 1. The van der Waals surface area contributed by atoms with Gasteiger partial charge in [0, 0.05) is 31.1 Å². The van der Waals surface area contributed by atoms with E-state index in [4.69, 9.17) is 4.42 Å². The van der Waals surface area contributed by atoms with Gasteiger partial charge in [0.05, 0.1) is 28.8 Å². The van der Waals surface area contributed by atoms with Crippen LogP contribution in [0.3, 0.4) is 0 Å². The van der Waals surface area contributed by atoms with E-state index in [1.165, 1.54) is 17.3 Å². The fraction of sp³-hybridized carbons (Fsp3) is 0.182. The van der Waals surface area contributed by atoms with Gasteiger partial charge in [-0.15, -0.1) is 10.2 Å². The molecule has 0 spiro atoms. The van der Waals surface area contributed by atoms with Crippen molar-refractivity contribution in [2.75, 3.05) is 6.54 Å². The number of pyridine rings is 2. The van der Waals surface area contributed by atoms with Crippen molar-refractivity contribution >= 4 is 11.4 Å². The number of rotatable bonds is 3. The first-order valence-corrected chi connectivity index (χ1v) is 10.5. The quantitative estimate of drug-likeness (QED) is 0.421. The molecular weight excluding hydrogens is 465 g/mol. The molecule has 6 heterocycles. The molecule has 13 heteroatoms. The summed E-state index contributed by atoms with van der Waals surface area (Å²) in [5.41, 5.74) is 1.75. The van der Waals surface area contributed by atoms with Gasteiger partial charge < -0.3 is 14.3 Å². The van der Waals surface area contributed by atoms with Crippen molar-refractivity contribution in [1.82, 2.24) is 39.7 Å². The SMILES string of the molecule is O=C(c1nnc(-c2ccccn2)o1)N1CCc2[nH]cnc2C1c1cc2ccc(C(F)(F)F)cn2n1. The van der Waals surface area contributed by atoms with E-state index in [9.17, 15) is 18.0 Å². The fourth-order valence-corrected chi connectivity index (χ4v) is 4.13. The minimum absolute atomic E-state index is 0.0929. The van der Waals surface area contributed by atoms with Gasteiger partial charge >= 0.3 is 18.0 Å². The van der Waals surface area contributed by atoms with Crippen molar-refractivity contribution in [1.29, 1.82) is 0 Å². The third kappa shape index (κ3) is 3.61. The van der Waals surface area contributed by atoms with Crippen LogP contribution in [0.15, 0.2) is 59.5 Å². The number of carbonyl (C=O) groups is 1. The van der Waals surface area contributed by atoms with Crippen LogP contribution in [0.5, 0.6) is 0 Å². The van der Waals surface area contributed by atoms with Gasteiger partial charge in [-0.05, 0) is 30.3 Å². The molecular formula is C22H15F3N8O2. The molecule has 6 rings (SSSR count). The summed E-state index contributed by atoms with van der Waals surface area (Å²) < 4.78 is 46.3. The summed E-state index contributed by atoms with van der Waals surface area (Å²) >= 11 is 0. The lowest BCUT2D eigenvalue weighted by Gasteiger charge is -2.32. The second kappa shape index (κ2) is 7.75. The third-order valence-electron chi connectivity index (χ3n) is 5.76. The standard InChI is InChI=1S/C22H15F3N8O2/c23-22(24,25)12-4-5-13-9-16(31-33(13)10-12)18-17-14(27-11-28-17)6-8-32(18)21(34)20-30-29-19(35-20)15-3-1-2-7-26-15/h1-5,7,9-11,18H,6,8H2,(H,27,28). The average molecular weight is 480 g/mol. The highest BCUT2D eigenvalue weighted by Gasteiger charge is 2.38. The number of alkyl halides is 3. The highest BCUT2D eigenvalue weighted by atomic mass is 19.4. The Morgan fingerprint density at radius 1 is 1.14 bits per heavy atom. The highest BCUT2D eigenvalue weighted by molar-refractivity contribution is 5.90. The fourth-order valence-electron chi connectivity index (χ4n) is 4.13. The third-order valence-corrected chi connectivity index (χ3v) is 5.76. The molecule has 0 aromatic carbocycles. The first-order valence-electron chi connectivity index (χ1n) is 10.5. The lowest BCUT2D eigenvalue weighted by molar-refractivity contribution is -0.137. The van der Waals surface area contributed by atoms with Crippen LogP contribution in [0, 0.1) is 0 Å². The monoisotopic (exact) mass is 480 g/mol. The van der Waals surface area contributed by atoms with Crippen LogP contribution in [-0.2, 0) is 12.6 Å². The number of nitrogens with one attached hydrogen (secondary N) is 1. The normalized spacial score (nSPS) is 16.0. The highest BCUT2D eigenvalue weighted by Crippen LogP contribution is 2.35. The summed E-state index contributed by atoms with van der Waals surface area (Å²) in [6.45, 7) is 0.279. The molecule has 0 radical (unpaired) electrons. The van der Waals surface area contributed by atoms with Crippen molar-refractivity contribution in [2.24, 2.45) is 0 Å². The van der Waals surface area contributed by atoms with Crippen molar-refractivity contribution in [3.63, 3.8) is 0 Å². The largest absolute Gasteiger partial charge is 0.417 e. The number of fused-ring (bicyclic) bond motifs is 2. The number of aromatic amines is 1. The van der Waals surface area contributed by atoms with Gasteiger partial charge in [-0.1, -0.05) is 6.07 Å². The summed E-state index contributed by atoms with van der Waals surface area (Å²) in [6.07, 6.45) is -0.0317. The Hall–Kier alpha value is -4.55. The second-order valence-electron chi connectivity index (χ2n) is 7.90. The molecule has 1 aliphatic rings. The van der Waals surface area contributed by atoms with E-state index in [2.05, 4.69) is 30.2 Å². The van der Waals surface area contributed by atoms with Gasteiger partial charge in [-0.25, -0.2) is 9.50 Å².